The van der Waals surface area contributed by atoms with Gasteiger partial charge < -0.3 is 15.5 Å². The maximum atomic E-state index is 5.74. The summed E-state index contributed by atoms with van der Waals surface area (Å²) in [6, 6.07) is 1.92. The molecule has 0 aliphatic rings. The number of hydrogen-bond donors (Lipinski definition) is 1. The average Bonchev–Trinajstić information content (AvgIpc) is 2.28. The number of rotatable bonds is 5. The molecule has 0 saturated heterocycles. The lowest BCUT2D eigenvalue weighted by Gasteiger charge is -2.30. The van der Waals surface area contributed by atoms with Gasteiger partial charge in [-0.2, -0.15) is 4.98 Å². The number of nitrogens with two attached hydrogens (primary N) is 1. The van der Waals surface area contributed by atoms with Gasteiger partial charge in [-0.15, -0.1) is 0 Å². The Hall–Kier alpha value is -1.36. The van der Waals surface area contributed by atoms with E-state index in [4.69, 9.17) is 5.73 Å². The zero-order valence-electron chi connectivity index (χ0n) is 11.4. The molecule has 0 amide bonds. The van der Waals surface area contributed by atoms with Crippen LogP contribution in [0.1, 0.15) is 13.8 Å². The SMILES string of the molecule is CN(C)c1nccc(N(C)CC(C)(C)CN)n1. The molecule has 0 aromatic carbocycles. The predicted molar refractivity (Wildman–Crippen MR) is 72.5 cm³/mol. The molecule has 1 aromatic rings. The van der Waals surface area contributed by atoms with Crippen LogP contribution in [-0.2, 0) is 0 Å². The first kappa shape index (κ1) is 13.7. The molecule has 0 radical (unpaired) electrons. The molecular formula is C12H23N5. The quantitative estimate of drug-likeness (QED) is 0.826. The van der Waals surface area contributed by atoms with Crippen molar-refractivity contribution >= 4 is 11.8 Å². The molecule has 0 fully saturated rings. The van der Waals surface area contributed by atoms with E-state index in [0.717, 1.165) is 18.3 Å². The van der Waals surface area contributed by atoms with Crippen molar-refractivity contribution in [3.8, 4) is 0 Å². The summed E-state index contributed by atoms with van der Waals surface area (Å²) in [7, 11) is 5.89. The third-order valence-corrected chi connectivity index (χ3v) is 2.64. The molecule has 0 bridgehead atoms. The van der Waals surface area contributed by atoms with Crippen molar-refractivity contribution < 1.29 is 0 Å². The van der Waals surface area contributed by atoms with E-state index >= 15 is 0 Å². The summed E-state index contributed by atoms with van der Waals surface area (Å²) < 4.78 is 0. The molecule has 0 aliphatic heterocycles. The lowest BCUT2D eigenvalue weighted by atomic mass is 9.93. The van der Waals surface area contributed by atoms with Gasteiger partial charge in [0.25, 0.3) is 0 Å². The lowest BCUT2D eigenvalue weighted by Crippen LogP contribution is -2.37. The molecule has 1 aromatic heterocycles. The highest BCUT2D eigenvalue weighted by atomic mass is 15.3. The van der Waals surface area contributed by atoms with E-state index in [1.54, 1.807) is 6.20 Å². The monoisotopic (exact) mass is 237 g/mol. The second-order valence-electron chi connectivity index (χ2n) is 5.33. The van der Waals surface area contributed by atoms with Crippen molar-refractivity contribution in [2.45, 2.75) is 13.8 Å². The number of anilines is 2. The van der Waals surface area contributed by atoms with Gasteiger partial charge in [0, 0.05) is 33.9 Å². The summed E-state index contributed by atoms with van der Waals surface area (Å²) in [5, 5.41) is 0. The Kier molecular flexibility index (Phi) is 4.28. The molecule has 96 valence electrons. The van der Waals surface area contributed by atoms with Gasteiger partial charge in [-0.25, -0.2) is 4.98 Å². The van der Waals surface area contributed by atoms with E-state index in [-0.39, 0.29) is 5.41 Å². The largest absolute Gasteiger partial charge is 0.359 e. The first-order chi connectivity index (χ1) is 7.85. The topological polar surface area (TPSA) is 58.3 Å². The van der Waals surface area contributed by atoms with Gasteiger partial charge in [-0.1, -0.05) is 13.8 Å². The van der Waals surface area contributed by atoms with Crippen LogP contribution < -0.4 is 15.5 Å². The summed E-state index contributed by atoms with van der Waals surface area (Å²) in [5.74, 6) is 1.64. The van der Waals surface area contributed by atoms with Crippen LogP contribution in [0.3, 0.4) is 0 Å². The Morgan fingerprint density at radius 3 is 2.47 bits per heavy atom. The second-order valence-corrected chi connectivity index (χ2v) is 5.33. The second kappa shape index (κ2) is 5.31. The van der Waals surface area contributed by atoms with Gasteiger partial charge >= 0.3 is 0 Å². The fourth-order valence-electron chi connectivity index (χ4n) is 1.55. The van der Waals surface area contributed by atoms with Gasteiger partial charge in [0.2, 0.25) is 5.95 Å². The maximum absolute atomic E-state index is 5.74. The van der Waals surface area contributed by atoms with Crippen LogP contribution in [0, 0.1) is 5.41 Å². The van der Waals surface area contributed by atoms with E-state index in [9.17, 15) is 0 Å². The average molecular weight is 237 g/mol. The first-order valence-electron chi connectivity index (χ1n) is 5.77. The molecular weight excluding hydrogens is 214 g/mol. The van der Waals surface area contributed by atoms with Gasteiger partial charge in [0.05, 0.1) is 0 Å². The highest BCUT2D eigenvalue weighted by molar-refractivity contribution is 5.42. The number of aromatic nitrogens is 2. The van der Waals surface area contributed by atoms with E-state index in [1.165, 1.54) is 0 Å². The van der Waals surface area contributed by atoms with Gasteiger partial charge in [-0.05, 0) is 18.0 Å². The van der Waals surface area contributed by atoms with Crippen molar-refractivity contribution in [3.63, 3.8) is 0 Å². The van der Waals surface area contributed by atoms with Crippen LogP contribution in [0.4, 0.5) is 11.8 Å². The highest BCUT2D eigenvalue weighted by Gasteiger charge is 2.19. The molecule has 5 nitrogen and oxygen atoms in total. The maximum Gasteiger partial charge on any atom is 0.226 e. The molecule has 1 heterocycles. The molecule has 0 unspecified atom stereocenters. The smallest absolute Gasteiger partial charge is 0.226 e. The fraction of sp³-hybridized carbons (Fsp3) is 0.667. The van der Waals surface area contributed by atoms with Gasteiger partial charge in [-0.3, -0.25) is 0 Å². The number of hydrogen-bond acceptors (Lipinski definition) is 5. The normalized spacial score (nSPS) is 11.4. The van der Waals surface area contributed by atoms with Crippen LogP contribution in [0.15, 0.2) is 12.3 Å². The van der Waals surface area contributed by atoms with E-state index in [0.29, 0.717) is 6.54 Å². The van der Waals surface area contributed by atoms with Gasteiger partial charge in [0.15, 0.2) is 0 Å². The Morgan fingerprint density at radius 2 is 1.94 bits per heavy atom. The summed E-state index contributed by atoms with van der Waals surface area (Å²) in [6.45, 7) is 5.82. The van der Waals surface area contributed by atoms with Crippen LogP contribution in [0.5, 0.6) is 0 Å². The van der Waals surface area contributed by atoms with Crippen molar-refractivity contribution in [3.05, 3.63) is 12.3 Å². The first-order valence-corrected chi connectivity index (χ1v) is 5.77. The van der Waals surface area contributed by atoms with Crippen molar-refractivity contribution in [1.29, 1.82) is 0 Å². The third kappa shape index (κ3) is 3.85. The van der Waals surface area contributed by atoms with E-state index in [1.807, 2.05) is 32.1 Å². The van der Waals surface area contributed by atoms with Crippen LogP contribution >= 0.6 is 0 Å². The molecule has 1 rings (SSSR count). The van der Waals surface area contributed by atoms with Crippen LogP contribution in [0.25, 0.3) is 0 Å². The Labute approximate surface area is 104 Å². The molecule has 0 aliphatic carbocycles. The van der Waals surface area contributed by atoms with Gasteiger partial charge in [0.1, 0.15) is 5.82 Å². The minimum absolute atomic E-state index is 0.0813. The molecule has 17 heavy (non-hydrogen) atoms. The number of nitrogens with zero attached hydrogens (tertiary/aromatic N) is 4. The van der Waals surface area contributed by atoms with Crippen molar-refractivity contribution in [2.24, 2.45) is 11.1 Å². The standard InChI is InChI=1S/C12H23N5/c1-12(2,8-13)9-17(5)10-6-7-14-11(15-10)16(3)4/h6-7H,8-9,13H2,1-5H3. The predicted octanol–water partition coefficient (Wildman–Crippen LogP) is 0.964. The molecule has 0 spiro atoms. The fourth-order valence-corrected chi connectivity index (χ4v) is 1.55. The Morgan fingerprint density at radius 1 is 1.29 bits per heavy atom. The van der Waals surface area contributed by atoms with Crippen LogP contribution in [-0.4, -0.2) is 44.2 Å². The van der Waals surface area contributed by atoms with Crippen LogP contribution in [0.2, 0.25) is 0 Å². The zero-order valence-corrected chi connectivity index (χ0v) is 11.4. The van der Waals surface area contributed by atoms with Crippen molar-refractivity contribution in [2.75, 3.05) is 44.0 Å². The Bertz CT molecular complexity index is 362. The third-order valence-electron chi connectivity index (χ3n) is 2.64. The molecule has 5 heteroatoms. The highest BCUT2D eigenvalue weighted by Crippen LogP contribution is 2.19. The summed E-state index contributed by atoms with van der Waals surface area (Å²) in [6.07, 6.45) is 1.78. The van der Waals surface area contributed by atoms with Crippen molar-refractivity contribution in [1.82, 2.24) is 9.97 Å². The minimum atomic E-state index is 0.0813. The molecule has 2 N–H and O–H groups in total. The molecule has 0 saturated carbocycles. The lowest BCUT2D eigenvalue weighted by molar-refractivity contribution is 0.384. The van der Waals surface area contributed by atoms with E-state index < -0.39 is 0 Å². The zero-order chi connectivity index (χ0) is 13.1. The van der Waals surface area contributed by atoms with E-state index in [2.05, 4.69) is 28.7 Å². The summed E-state index contributed by atoms with van der Waals surface area (Å²) in [5.41, 5.74) is 5.82. The minimum Gasteiger partial charge on any atom is -0.359 e. The summed E-state index contributed by atoms with van der Waals surface area (Å²) >= 11 is 0. The Balaban J connectivity index is 2.82. The summed E-state index contributed by atoms with van der Waals surface area (Å²) in [4.78, 5) is 12.7. The molecule has 0 atom stereocenters.